The third-order valence-electron chi connectivity index (χ3n) is 8.50. The van der Waals surface area contributed by atoms with E-state index in [1.165, 1.54) is 4.90 Å². The molecule has 10 nitrogen and oxygen atoms in total. The van der Waals surface area contributed by atoms with Crippen molar-refractivity contribution in [3.05, 3.63) is 81.3 Å². The molecule has 1 amide bonds. The van der Waals surface area contributed by atoms with E-state index in [1.807, 2.05) is 55.4 Å². The summed E-state index contributed by atoms with van der Waals surface area (Å²) < 4.78 is 0. The Kier molecular flexibility index (Phi) is 6.51. The number of fused-ring (bicyclic) bond motifs is 3. The number of primary amides is 1. The fourth-order valence-corrected chi connectivity index (χ4v) is 6.70. The second-order valence-corrected chi connectivity index (χ2v) is 11.3. The summed E-state index contributed by atoms with van der Waals surface area (Å²) in [5.74, 6) is -6.56. The molecule has 2 aromatic carbocycles. The van der Waals surface area contributed by atoms with Gasteiger partial charge in [0.1, 0.15) is 22.8 Å². The van der Waals surface area contributed by atoms with Crippen LogP contribution < -0.4 is 10.6 Å². The molecule has 0 spiro atoms. The Morgan fingerprint density at radius 3 is 2.30 bits per heavy atom. The lowest BCUT2D eigenvalue weighted by atomic mass is 9.58. The average Bonchev–Trinajstić information content (AvgIpc) is 2.87. The first-order valence-corrected chi connectivity index (χ1v) is 13.0. The smallest absolute Gasteiger partial charge is 0.255 e. The molecular formula is C30H33N3O7. The van der Waals surface area contributed by atoms with Crippen LogP contribution in [0.2, 0.25) is 0 Å². The summed E-state index contributed by atoms with van der Waals surface area (Å²) in [6.07, 6.45) is 0.635. The number of phenols is 1. The van der Waals surface area contributed by atoms with E-state index in [2.05, 4.69) is 0 Å². The number of aliphatic hydroxyl groups excluding tert-OH is 2. The molecule has 0 heterocycles. The van der Waals surface area contributed by atoms with Crippen molar-refractivity contribution in [1.82, 2.24) is 4.90 Å². The summed E-state index contributed by atoms with van der Waals surface area (Å²) in [4.78, 5) is 43.1. The first kappa shape index (κ1) is 27.4. The molecule has 40 heavy (non-hydrogen) atoms. The van der Waals surface area contributed by atoms with Gasteiger partial charge in [-0.15, -0.1) is 0 Å². The molecule has 0 radical (unpaired) electrons. The number of nitrogens with zero attached hydrogens (tertiary/aromatic N) is 2. The topological polar surface area (TPSA) is 165 Å². The van der Waals surface area contributed by atoms with Gasteiger partial charge in [0.05, 0.1) is 11.6 Å². The molecule has 10 heteroatoms. The van der Waals surface area contributed by atoms with Crippen molar-refractivity contribution in [1.29, 1.82) is 0 Å². The monoisotopic (exact) mass is 547 g/mol. The third-order valence-corrected chi connectivity index (χ3v) is 8.50. The predicted octanol–water partition coefficient (Wildman–Crippen LogP) is 1.78. The number of likely N-dealkylation sites (N-methyl/N-ethyl adjacent to an activating group) is 1. The summed E-state index contributed by atoms with van der Waals surface area (Å²) in [6, 6.07) is 10.3. The van der Waals surface area contributed by atoms with Crippen LogP contribution in [0.1, 0.15) is 33.5 Å². The Bertz CT molecular complexity index is 1510. The molecule has 0 bridgehead atoms. The van der Waals surface area contributed by atoms with E-state index in [-0.39, 0.29) is 29.7 Å². The highest BCUT2D eigenvalue weighted by molar-refractivity contribution is 6.25. The van der Waals surface area contributed by atoms with Crippen molar-refractivity contribution in [3.8, 4) is 5.75 Å². The normalized spacial score (nSPS) is 26.0. The molecular weight excluding hydrogens is 514 g/mol. The number of benzene rings is 2. The number of aliphatic hydroxyl groups is 3. The zero-order valence-electron chi connectivity index (χ0n) is 22.8. The van der Waals surface area contributed by atoms with Crippen LogP contribution in [0.4, 0.5) is 5.69 Å². The molecule has 3 aliphatic carbocycles. The Hall–Kier alpha value is -4.15. The van der Waals surface area contributed by atoms with Gasteiger partial charge < -0.3 is 31.1 Å². The summed E-state index contributed by atoms with van der Waals surface area (Å²) in [6.45, 7) is 0. The summed E-state index contributed by atoms with van der Waals surface area (Å²) in [5, 5.41) is 45.6. The molecule has 0 aromatic heterocycles. The van der Waals surface area contributed by atoms with Crippen molar-refractivity contribution in [2.75, 3.05) is 33.1 Å². The standard InChI is InChI=1S/C30H33N3O7/c1-32(2)19-13-16(10-14-8-6-5-7-9-14)24(34)21-17(19)11-15-12-18-23(33(3)4)26(36)22(29(31)39)28(38)30(18,40)27(37)20(15)25(21)35/h5-9,13,15,18,23,34,36-37,40H,10-12H2,1-4H3,(H2,31,39)/t15-,18-,23-,30-/m0/s1. The minimum atomic E-state index is -2.66. The number of anilines is 1. The minimum absolute atomic E-state index is 0.0120. The van der Waals surface area contributed by atoms with E-state index in [1.54, 1.807) is 14.1 Å². The number of phenolic OH excluding ortho intramolecular Hbond substituents is 1. The van der Waals surface area contributed by atoms with Gasteiger partial charge in [0.25, 0.3) is 5.91 Å². The molecule has 0 aliphatic heterocycles. The first-order chi connectivity index (χ1) is 18.8. The van der Waals surface area contributed by atoms with Crippen molar-refractivity contribution >= 4 is 23.2 Å². The van der Waals surface area contributed by atoms with Crippen LogP contribution in [0.25, 0.3) is 0 Å². The second kappa shape index (κ2) is 9.50. The van der Waals surface area contributed by atoms with E-state index in [0.717, 1.165) is 11.3 Å². The molecule has 3 aliphatic rings. The number of rotatable bonds is 5. The number of hydrogen-bond acceptors (Lipinski definition) is 9. The van der Waals surface area contributed by atoms with E-state index < -0.39 is 58.0 Å². The summed E-state index contributed by atoms with van der Waals surface area (Å²) in [7, 11) is 6.87. The van der Waals surface area contributed by atoms with Crippen LogP contribution in [-0.4, -0.2) is 82.6 Å². The Balaban J connectivity index is 1.71. The molecule has 4 atom stereocenters. The minimum Gasteiger partial charge on any atom is -0.510 e. The van der Waals surface area contributed by atoms with Crippen LogP contribution >= 0.6 is 0 Å². The van der Waals surface area contributed by atoms with Crippen LogP contribution in [0.15, 0.2) is 59.1 Å². The number of hydrogen-bond donors (Lipinski definition) is 5. The number of Topliss-reactive ketones (excluding diaryl/α,β-unsaturated/α-hetero) is 2. The highest BCUT2D eigenvalue weighted by Gasteiger charge is 2.63. The highest BCUT2D eigenvalue weighted by atomic mass is 16.3. The maximum atomic E-state index is 14.1. The van der Waals surface area contributed by atoms with Gasteiger partial charge in [-0.25, -0.2) is 0 Å². The maximum Gasteiger partial charge on any atom is 0.255 e. The number of carbonyl (C=O) groups excluding carboxylic acids is 3. The molecule has 2 aromatic rings. The Morgan fingerprint density at radius 1 is 1.07 bits per heavy atom. The lowest BCUT2D eigenvalue weighted by molar-refractivity contribution is -0.148. The van der Waals surface area contributed by atoms with Crippen molar-refractivity contribution in [2.24, 2.45) is 17.6 Å². The zero-order chi connectivity index (χ0) is 29.3. The zero-order valence-corrected chi connectivity index (χ0v) is 22.8. The number of nitrogens with two attached hydrogens (primary N) is 1. The largest absolute Gasteiger partial charge is 0.510 e. The maximum absolute atomic E-state index is 14.1. The van der Waals surface area contributed by atoms with Gasteiger partial charge in [-0.3, -0.25) is 19.3 Å². The number of allylic oxidation sites excluding steroid dienone is 1. The van der Waals surface area contributed by atoms with Crippen LogP contribution in [0.5, 0.6) is 5.75 Å². The van der Waals surface area contributed by atoms with Crippen LogP contribution in [0, 0.1) is 11.8 Å². The Morgan fingerprint density at radius 2 is 1.73 bits per heavy atom. The summed E-state index contributed by atoms with van der Waals surface area (Å²) >= 11 is 0. The molecule has 0 unspecified atom stereocenters. The lowest BCUT2D eigenvalue weighted by Crippen LogP contribution is -2.63. The van der Waals surface area contributed by atoms with Gasteiger partial charge in [0.15, 0.2) is 11.4 Å². The van der Waals surface area contributed by atoms with Gasteiger partial charge in [-0.2, -0.15) is 0 Å². The molecule has 210 valence electrons. The van der Waals surface area contributed by atoms with E-state index in [4.69, 9.17) is 5.73 Å². The van der Waals surface area contributed by atoms with Gasteiger partial charge in [-0.1, -0.05) is 30.3 Å². The van der Waals surface area contributed by atoms with Crippen molar-refractivity contribution in [3.63, 3.8) is 0 Å². The fourth-order valence-electron chi connectivity index (χ4n) is 6.70. The predicted molar refractivity (Wildman–Crippen MR) is 147 cm³/mol. The van der Waals surface area contributed by atoms with Gasteiger partial charge in [0, 0.05) is 43.3 Å². The third kappa shape index (κ3) is 3.82. The lowest BCUT2D eigenvalue weighted by Gasteiger charge is -2.50. The van der Waals surface area contributed by atoms with Gasteiger partial charge in [-0.05, 0) is 50.0 Å². The van der Waals surface area contributed by atoms with Crippen LogP contribution in [-0.2, 0) is 22.4 Å². The average molecular weight is 548 g/mol. The molecule has 0 fully saturated rings. The van der Waals surface area contributed by atoms with E-state index >= 15 is 0 Å². The number of aromatic hydroxyl groups is 1. The van der Waals surface area contributed by atoms with Gasteiger partial charge in [0.2, 0.25) is 5.78 Å². The van der Waals surface area contributed by atoms with Crippen LogP contribution in [0.3, 0.4) is 0 Å². The number of amides is 1. The SMILES string of the molecule is CN(C)c1cc(Cc2ccccc2)c(O)c2c1C[C@H]1C[C@H]3[C@H](N(C)C)C(O)=C(C(N)=O)C(=O)[C@@]3(O)C(O)=C1C2=O. The number of carbonyl (C=O) groups is 3. The summed E-state index contributed by atoms with van der Waals surface area (Å²) in [5.41, 5.74) is 4.52. The quantitative estimate of drug-likeness (QED) is 0.351. The van der Waals surface area contributed by atoms with E-state index in [0.29, 0.717) is 17.5 Å². The number of ketones is 2. The molecule has 5 rings (SSSR count). The van der Waals surface area contributed by atoms with E-state index in [9.17, 15) is 34.8 Å². The molecule has 0 saturated carbocycles. The molecule has 0 saturated heterocycles. The molecule has 6 N–H and O–H groups in total. The van der Waals surface area contributed by atoms with Crippen molar-refractivity contribution in [2.45, 2.75) is 30.9 Å². The second-order valence-electron chi connectivity index (χ2n) is 11.3. The first-order valence-electron chi connectivity index (χ1n) is 13.0. The van der Waals surface area contributed by atoms with Gasteiger partial charge >= 0.3 is 0 Å². The fraction of sp³-hybridized carbons (Fsp3) is 0.367. The van der Waals surface area contributed by atoms with Crippen molar-refractivity contribution < 1.29 is 34.8 Å². The highest BCUT2D eigenvalue weighted by Crippen LogP contribution is 2.53. The Labute approximate surface area is 231 Å².